The lowest BCUT2D eigenvalue weighted by Gasteiger charge is -2.12. The number of nitrogens with zero attached hydrogens (tertiary/aromatic N) is 4. The Labute approximate surface area is 129 Å². The SMILES string of the molecule is CCOc1cccc(CNc2nc(Cl)nc(N(C)C)n2)c1. The summed E-state index contributed by atoms with van der Waals surface area (Å²) < 4.78 is 5.47. The molecule has 1 heterocycles. The van der Waals surface area contributed by atoms with Gasteiger partial charge >= 0.3 is 0 Å². The molecule has 0 fully saturated rings. The molecule has 0 aliphatic rings. The van der Waals surface area contributed by atoms with Crippen molar-refractivity contribution in [3.05, 3.63) is 35.1 Å². The van der Waals surface area contributed by atoms with E-state index in [-0.39, 0.29) is 5.28 Å². The quantitative estimate of drug-likeness (QED) is 0.885. The maximum Gasteiger partial charge on any atom is 0.230 e. The van der Waals surface area contributed by atoms with Crippen LogP contribution in [0.1, 0.15) is 12.5 Å². The Morgan fingerprint density at radius 3 is 2.76 bits per heavy atom. The highest BCUT2D eigenvalue weighted by Gasteiger charge is 2.06. The van der Waals surface area contributed by atoms with Crippen molar-refractivity contribution in [3.8, 4) is 5.75 Å². The smallest absolute Gasteiger partial charge is 0.230 e. The van der Waals surface area contributed by atoms with Crippen LogP contribution in [-0.4, -0.2) is 35.7 Å². The third-order valence-electron chi connectivity index (χ3n) is 2.66. The zero-order chi connectivity index (χ0) is 15.2. The van der Waals surface area contributed by atoms with Crippen LogP contribution in [0.3, 0.4) is 0 Å². The van der Waals surface area contributed by atoms with Gasteiger partial charge in [-0.1, -0.05) is 12.1 Å². The topological polar surface area (TPSA) is 63.2 Å². The van der Waals surface area contributed by atoms with E-state index in [2.05, 4.69) is 20.3 Å². The first kappa shape index (κ1) is 15.3. The van der Waals surface area contributed by atoms with Crippen LogP contribution in [0.2, 0.25) is 5.28 Å². The van der Waals surface area contributed by atoms with Crippen molar-refractivity contribution in [3.63, 3.8) is 0 Å². The molecule has 0 saturated carbocycles. The molecule has 0 aliphatic carbocycles. The predicted octanol–water partition coefficient (Wildman–Crippen LogP) is 2.60. The Hall–Kier alpha value is -2.08. The Morgan fingerprint density at radius 1 is 1.24 bits per heavy atom. The summed E-state index contributed by atoms with van der Waals surface area (Å²) >= 11 is 5.89. The van der Waals surface area contributed by atoms with E-state index in [4.69, 9.17) is 16.3 Å². The average molecular weight is 308 g/mol. The number of ether oxygens (including phenoxy) is 1. The van der Waals surface area contributed by atoms with Crippen LogP contribution in [0.15, 0.2) is 24.3 Å². The number of benzene rings is 1. The molecule has 6 nitrogen and oxygen atoms in total. The van der Waals surface area contributed by atoms with E-state index in [1.54, 1.807) is 4.90 Å². The predicted molar refractivity (Wildman–Crippen MR) is 84.1 cm³/mol. The van der Waals surface area contributed by atoms with Gasteiger partial charge in [-0.05, 0) is 36.2 Å². The normalized spacial score (nSPS) is 10.3. The van der Waals surface area contributed by atoms with Crippen LogP contribution in [0.25, 0.3) is 0 Å². The van der Waals surface area contributed by atoms with E-state index in [0.717, 1.165) is 11.3 Å². The van der Waals surface area contributed by atoms with Gasteiger partial charge in [0.15, 0.2) is 0 Å². The Balaban J connectivity index is 2.07. The summed E-state index contributed by atoms with van der Waals surface area (Å²) in [6.07, 6.45) is 0. The lowest BCUT2D eigenvalue weighted by molar-refractivity contribution is 0.340. The first-order valence-corrected chi connectivity index (χ1v) is 7.01. The second-order valence-corrected chi connectivity index (χ2v) is 4.89. The fourth-order valence-corrected chi connectivity index (χ4v) is 1.87. The second kappa shape index (κ2) is 7.08. The molecule has 2 aromatic rings. The van der Waals surface area contributed by atoms with Crippen LogP contribution in [0.5, 0.6) is 5.75 Å². The largest absolute Gasteiger partial charge is 0.494 e. The lowest BCUT2D eigenvalue weighted by Crippen LogP contribution is -2.15. The van der Waals surface area contributed by atoms with Crippen LogP contribution in [0.4, 0.5) is 11.9 Å². The molecule has 0 atom stereocenters. The number of nitrogens with one attached hydrogen (secondary N) is 1. The second-order valence-electron chi connectivity index (χ2n) is 4.56. The minimum atomic E-state index is 0.166. The van der Waals surface area contributed by atoms with Crippen LogP contribution in [0, 0.1) is 0 Å². The van der Waals surface area contributed by atoms with Crippen LogP contribution < -0.4 is 15.0 Å². The van der Waals surface area contributed by atoms with Gasteiger partial charge in [0, 0.05) is 20.6 Å². The average Bonchev–Trinajstić information content (AvgIpc) is 2.45. The summed E-state index contributed by atoms with van der Waals surface area (Å²) in [6, 6.07) is 7.86. The minimum absolute atomic E-state index is 0.166. The number of anilines is 2. The number of rotatable bonds is 6. The van der Waals surface area contributed by atoms with Gasteiger partial charge in [-0.25, -0.2) is 0 Å². The third-order valence-corrected chi connectivity index (χ3v) is 2.83. The summed E-state index contributed by atoms with van der Waals surface area (Å²) in [5.41, 5.74) is 1.07. The molecule has 0 aliphatic heterocycles. The van der Waals surface area contributed by atoms with Gasteiger partial charge in [0.05, 0.1) is 6.61 Å². The number of halogens is 1. The maximum atomic E-state index is 5.89. The third kappa shape index (κ3) is 4.46. The monoisotopic (exact) mass is 307 g/mol. The molecule has 0 unspecified atom stereocenters. The zero-order valence-electron chi connectivity index (χ0n) is 12.3. The van der Waals surface area contributed by atoms with Crippen molar-refractivity contribution in [1.29, 1.82) is 0 Å². The van der Waals surface area contributed by atoms with Crippen molar-refractivity contribution in [2.75, 3.05) is 30.9 Å². The van der Waals surface area contributed by atoms with E-state index in [9.17, 15) is 0 Å². The van der Waals surface area contributed by atoms with Crippen molar-refractivity contribution in [2.45, 2.75) is 13.5 Å². The maximum absolute atomic E-state index is 5.89. The molecule has 0 spiro atoms. The summed E-state index contributed by atoms with van der Waals surface area (Å²) in [5, 5.41) is 3.30. The standard InChI is InChI=1S/C14H18ClN5O/c1-4-21-11-7-5-6-10(8-11)9-16-13-17-12(15)18-14(19-13)20(2)3/h5-8H,4,9H2,1-3H3,(H,16,17,18,19). The molecule has 21 heavy (non-hydrogen) atoms. The highest BCUT2D eigenvalue weighted by Crippen LogP contribution is 2.15. The zero-order valence-corrected chi connectivity index (χ0v) is 13.1. The fraction of sp³-hybridized carbons (Fsp3) is 0.357. The van der Waals surface area contributed by atoms with E-state index in [1.807, 2.05) is 45.3 Å². The molecule has 7 heteroatoms. The molecule has 0 saturated heterocycles. The molecule has 2 rings (SSSR count). The van der Waals surface area contributed by atoms with E-state index < -0.39 is 0 Å². The van der Waals surface area contributed by atoms with Crippen LogP contribution in [-0.2, 0) is 6.54 Å². The highest BCUT2D eigenvalue weighted by molar-refractivity contribution is 6.28. The van der Waals surface area contributed by atoms with Crippen LogP contribution >= 0.6 is 11.6 Å². The van der Waals surface area contributed by atoms with Crippen molar-refractivity contribution in [2.24, 2.45) is 0 Å². The van der Waals surface area contributed by atoms with Gasteiger partial charge in [0.25, 0.3) is 0 Å². The molecule has 0 radical (unpaired) electrons. The van der Waals surface area contributed by atoms with E-state index in [0.29, 0.717) is 25.0 Å². The summed E-state index contributed by atoms with van der Waals surface area (Å²) in [7, 11) is 3.70. The van der Waals surface area contributed by atoms with Gasteiger partial charge in [-0.15, -0.1) is 0 Å². The molecule has 1 aromatic heterocycles. The molecule has 1 aromatic carbocycles. The summed E-state index contributed by atoms with van der Waals surface area (Å²) in [4.78, 5) is 14.2. The highest BCUT2D eigenvalue weighted by atomic mass is 35.5. The summed E-state index contributed by atoms with van der Waals surface area (Å²) in [6.45, 7) is 3.18. The fourth-order valence-electron chi connectivity index (χ4n) is 1.71. The number of aromatic nitrogens is 3. The Bertz CT molecular complexity index is 606. The Morgan fingerprint density at radius 2 is 2.05 bits per heavy atom. The summed E-state index contributed by atoms with van der Waals surface area (Å²) in [5.74, 6) is 1.81. The van der Waals surface area contributed by atoms with Crippen molar-refractivity contribution < 1.29 is 4.74 Å². The molecule has 0 bridgehead atoms. The molecule has 1 N–H and O–H groups in total. The van der Waals surface area contributed by atoms with Crippen molar-refractivity contribution >= 4 is 23.5 Å². The molecule has 0 amide bonds. The first-order chi connectivity index (χ1) is 10.1. The van der Waals surface area contributed by atoms with E-state index >= 15 is 0 Å². The van der Waals surface area contributed by atoms with Gasteiger partial charge < -0.3 is 15.0 Å². The molecular formula is C14H18ClN5O. The van der Waals surface area contributed by atoms with Gasteiger partial charge in [-0.3, -0.25) is 0 Å². The van der Waals surface area contributed by atoms with Gasteiger partial charge in [0.2, 0.25) is 17.2 Å². The van der Waals surface area contributed by atoms with Gasteiger partial charge in [-0.2, -0.15) is 15.0 Å². The molecular weight excluding hydrogens is 290 g/mol. The number of hydrogen-bond donors (Lipinski definition) is 1. The minimum Gasteiger partial charge on any atom is -0.494 e. The first-order valence-electron chi connectivity index (χ1n) is 6.63. The van der Waals surface area contributed by atoms with Gasteiger partial charge in [0.1, 0.15) is 5.75 Å². The van der Waals surface area contributed by atoms with Crippen molar-refractivity contribution in [1.82, 2.24) is 15.0 Å². The lowest BCUT2D eigenvalue weighted by atomic mass is 10.2. The molecule has 112 valence electrons. The van der Waals surface area contributed by atoms with E-state index in [1.165, 1.54) is 0 Å². The Kier molecular flexibility index (Phi) is 5.16. The number of hydrogen-bond acceptors (Lipinski definition) is 6.